The highest BCUT2D eigenvalue weighted by atomic mass is 32.1. The molecular formula is C57H67F3N4O4S2Si2. The number of unbranched alkanes of at least 4 members (excludes halogenated alkanes) is 1. The Morgan fingerprint density at radius 2 is 1.39 bits per heavy atom. The number of benzene rings is 2. The van der Waals surface area contributed by atoms with Crippen molar-refractivity contribution in [2.24, 2.45) is 0 Å². The molecule has 1 aliphatic heterocycles. The molecule has 0 amide bonds. The van der Waals surface area contributed by atoms with Gasteiger partial charge in [0.15, 0.2) is 33.7 Å². The van der Waals surface area contributed by atoms with E-state index in [1.807, 2.05) is 42.5 Å². The molecule has 0 radical (unpaired) electrons. The number of allylic oxidation sites excluding steroid dienone is 7. The van der Waals surface area contributed by atoms with Crippen molar-refractivity contribution >= 4 is 60.9 Å². The lowest BCUT2D eigenvalue weighted by Gasteiger charge is -2.39. The van der Waals surface area contributed by atoms with Crippen LogP contribution in [0.1, 0.15) is 89.5 Å². The van der Waals surface area contributed by atoms with Crippen molar-refractivity contribution < 1.29 is 31.5 Å². The van der Waals surface area contributed by atoms with Gasteiger partial charge in [0.1, 0.15) is 23.8 Å². The average molecular weight is 1050 g/mol. The van der Waals surface area contributed by atoms with Gasteiger partial charge in [-0.1, -0.05) is 128 Å². The molecular weight excluding hydrogens is 982 g/mol. The van der Waals surface area contributed by atoms with Gasteiger partial charge in [-0.3, -0.25) is 0 Å². The Labute approximate surface area is 434 Å². The summed E-state index contributed by atoms with van der Waals surface area (Å²) in [4.78, 5) is 3.99. The van der Waals surface area contributed by atoms with E-state index in [9.17, 15) is 15.8 Å². The highest BCUT2D eigenvalue weighted by molar-refractivity contribution is 7.29. The first kappa shape index (κ1) is 55.9. The minimum Gasteiger partial charge on any atom is -0.491 e. The third-order valence-corrected chi connectivity index (χ3v) is 25.7. The van der Waals surface area contributed by atoms with E-state index in [2.05, 4.69) is 104 Å². The molecule has 2 aromatic carbocycles. The first-order valence-corrected chi connectivity index (χ1v) is 32.0. The monoisotopic (exact) mass is 1050 g/mol. The van der Waals surface area contributed by atoms with Crippen LogP contribution >= 0.6 is 22.7 Å². The van der Waals surface area contributed by atoms with Crippen molar-refractivity contribution in [3.63, 3.8) is 0 Å². The molecule has 0 N–H and O–H groups in total. The third-order valence-electron chi connectivity index (χ3n) is 14.3. The minimum absolute atomic E-state index is 0.125. The molecule has 1 atom stereocenters. The van der Waals surface area contributed by atoms with Gasteiger partial charge in [0, 0.05) is 34.8 Å². The Morgan fingerprint density at radius 1 is 0.778 bits per heavy atom. The molecule has 15 heteroatoms. The van der Waals surface area contributed by atoms with Crippen molar-refractivity contribution in [3.05, 3.63) is 134 Å². The van der Waals surface area contributed by atoms with E-state index in [1.54, 1.807) is 24.3 Å². The van der Waals surface area contributed by atoms with Crippen LogP contribution in [0.3, 0.4) is 0 Å². The second kappa shape index (κ2) is 22.8. The summed E-state index contributed by atoms with van der Waals surface area (Å²) in [6.07, 6.45) is 9.78. The first-order chi connectivity index (χ1) is 33.9. The number of alkyl halides is 3. The molecule has 0 bridgehead atoms. The van der Waals surface area contributed by atoms with Gasteiger partial charge in [0.25, 0.3) is 5.60 Å². The predicted molar refractivity (Wildman–Crippen MR) is 293 cm³/mol. The van der Waals surface area contributed by atoms with Crippen molar-refractivity contribution in [1.82, 2.24) is 4.90 Å². The molecule has 1 unspecified atom stereocenters. The second-order valence-electron chi connectivity index (χ2n) is 21.2. The van der Waals surface area contributed by atoms with Crippen LogP contribution in [0, 0.1) is 34.0 Å². The summed E-state index contributed by atoms with van der Waals surface area (Å²) in [5, 5.41) is 30.2. The molecule has 380 valence electrons. The van der Waals surface area contributed by atoms with Crippen LogP contribution in [0.2, 0.25) is 36.3 Å². The Bertz CT molecular complexity index is 2860. The maximum absolute atomic E-state index is 15.8. The first-order valence-electron chi connectivity index (χ1n) is 24.5. The van der Waals surface area contributed by atoms with Crippen molar-refractivity contribution in [1.29, 1.82) is 15.8 Å². The van der Waals surface area contributed by atoms with Gasteiger partial charge in [-0.05, 0) is 96.5 Å². The molecule has 2 aromatic heterocycles. The van der Waals surface area contributed by atoms with Gasteiger partial charge in [-0.2, -0.15) is 29.0 Å². The highest BCUT2D eigenvalue weighted by Crippen LogP contribution is 2.56. The number of hydrogen-bond donors (Lipinski definition) is 0. The number of nitriles is 3. The molecule has 0 spiro atoms. The topological polar surface area (TPSA) is 112 Å². The summed E-state index contributed by atoms with van der Waals surface area (Å²) in [5.41, 5.74) is -1.38. The summed E-state index contributed by atoms with van der Waals surface area (Å²) in [5.74, 6) is 0.00567. The van der Waals surface area contributed by atoms with E-state index in [4.69, 9.17) is 18.3 Å². The van der Waals surface area contributed by atoms with Gasteiger partial charge in [-0.15, -0.1) is 22.7 Å². The average Bonchev–Trinajstić information content (AvgIpc) is 3.99. The fourth-order valence-electron chi connectivity index (χ4n) is 7.89. The Balaban J connectivity index is 1.31. The summed E-state index contributed by atoms with van der Waals surface area (Å²) < 4.78 is 74.5. The number of hydrogen-bond acceptors (Lipinski definition) is 10. The van der Waals surface area contributed by atoms with E-state index in [0.717, 1.165) is 58.6 Å². The molecule has 0 fully saturated rings. The molecule has 8 nitrogen and oxygen atoms in total. The number of fused-ring (bicyclic) bond motifs is 1. The number of rotatable bonds is 19. The van der Waals surface area contributed by atoms with Crippen LogP contribution in [-0.4, -0.2) is 60.6 Å². The molecule has 1 aliphatic carbocycles. The number of nitrogens with zero attached hydrogens (tertiary/aromatic N) is 4. The predicted octanol–water partition coefficient (Wildman–Crippen LogP) is 16.4. The number of ether oxygens (including phenoxy) is 2. The Morgan fingerprint density at radius 3 is 1.92 bits per heavy atom. The fourth-order valence-corrected chi connectivity index (χ4v) is 12.3. The van der Waals surface area contributed by atoms with Crippen molar-refractivity contribution in [2.45, 2.75) is 122 Å². The molecule has 6 rings (SSSR count). The SMILES string of the molecule is CCCCOc1c(/C=C/C2=CC=C(N(CCO[Si](C)(C)C(C)(C)C)CCO[Si](C)(C)C(C)(C)C)CC2)sc2cc(/C=C/C3=C(C#N)C(=C(C#N)C#N)OC3(c3ccc(-c4ccccc4)cc3)C(F)(F)F)sc12. The normalized spacial score (nSPS) is 17.0. The van der Waals surface area contributed by atoms with Crippen molar-refractivity contribution in [3.8, 4) is 35.1 Å². The summed E-state index contributed by atoms with van der Waals surface area (Å²) in [7, 11) is -3.84. The zero-order chi connectivity index (χ0) is 52.7. The van der Waals surface area contributed by atoms with E-state index < -0.39 is 50.9 Å². The van der Waals surface area contributed by atoms with E-state index >= 15 is 13.2 Å². The largest absolute Gasteiger partial charge is 0.491 e. The zero-order valence-electron chi connectivity index (χ0n) is 43.5. The molecule has 4 aromatic rings. The maximum Gasteiger partial charge on any atom is 0.437 e. The van der Waals surface area contributed by atoms with Gasteiger partial charge in [0.2, 0.25) is 0 Å². The summed E-state index contributed by atoms with van der Waals surface area (Å²) >= 11 is 2.91. The van der Waals surface area contributed by atoms with Crippen molar-refractivity contribution in [2.75, 3.05) is 32.9 Å². The van der Waals surface area contributed by atoms with Gasteiger partial charge in [0.05, 0.1) is 34.1 Å². The Hall–Kier alpha value is -5.45. The quantitative estimate of drug-likeness (QED) is 0.0519. The van der Waals surface area contributed by atoms with Gasteiger partial charge < -0.3 is 23.2 Å². The molecule has 3 heterocycles. The lowest BCUT2D eigenvalue weighted by Crippen LogP contribution is -2.44. The van der Waals surface area contributed by atoms with E-state index in [0.29, 0.717) is 36.0 Å². The molecule has 72 heavy (non-hydrogen) atoms. The summed E-state index contributed by atoms with van der Waals surface area (Å²) in [6.45, 7) is 28.3. The zero-order valence-corrected chi connectivity index (χ0v) is 47.1. The van der Waals surface area contributed by atoms with E-state index in [-0.39, 0.29) is 15.6 Å². The van der Waals surface area contributed by atoms with Crippen LogP contribution in [0.4, 0.5) is 13.2 Å². The maximum atomic E-state index is 15.8. The second-order valence-corrected chi connectivity index (χ2v) is 32.9. The van der Waals surface area contributed by atoms with Gasteiger partial charge in [-0.25, -0.2) is 0 Å². The van der Waals surface area contributed by atoms with Crippen LogP contribution < -0.4 is 4.74 Å². The van der Waals surface area contributed by atoms with Crippen LogP contribution in [0.25, 0.3) is 32.7 Å². The lowest BCUT2D eigenvalue weighted by molar-refractivity contribution is -0.249. The van der Waals surface area contributed by atoms with E-state index in [1.165, 1.54) is 58.2 Å². The standard InChI is InChI=1S/C57H67F3N4O4S2Si2/c1-12-13-33-65-52-49(30-21-40-19-26-45(27-20-40)64(31-34-66-71(8,9)54(2,3)4)32-35-67-72(10,11)55(5,6)7)70-50-36-46(69-53(50)52)28-29-48-47(39-63)51(43(37-61)38-62)68-56(48,57(58,59)60)44-24-22-42(23-25-44)41-17-15-14-16-18-41/h14-19,21-26,28-30,36H,12-13,20,27,31-35H2,1-11H3/b29-28+,30-21+. The summed E-state index contributed by atoms with van der Waals surface area (Å²) in [6, 6.07) is 21.9. The van der Waals surface area contributed by atoms with Gasteiger partial charge >= 0.3 is 6.18 Å². The molecule has 2 aliphatic rings. The van der Waals surface area contributed by atoms with Crippen LogP contribution in [0.5, 0.6) is 5.75 Å². The highest BCUT2D eigenvalue weighted by Gasteiger charge is 2.65. The van der Waals surface area contributed by atoms with Crippen LogP contribution in [-0.2, 0) is 19.2 Å². The smallest absolute Gasteiger partial charge is 0.437 e. The van der Waals surface area contributed by atoms with Crippen LogP contribution in [0.15, 0.2) is 119 Å². The molecule has 0 saturated heterocycles. The number of thiophene rings is 2. The molecule has 0 saturated carbocycles. The fraction of sp³-hybridized carbons (Fsp3) is 0.421. The third kappa shape index (κ3) is 12.3. The lowest BCUT2D eigenvalue weighted by atomic mass is 9.83. The minimum atomic E-state index is -5.12. The number of halogens is 3. The Kier molecular flexibility index (Phi) is 17.7.